The van der Waals surface area contributed by atoms with Crippen molar-refractivity contribution in [1.82, 2.24) is 15.3 Å². The summed E-state index contributed by atoms with van der Waals surface area (Å²) in [6, 6.07) is 0.810. The molecule has 28 heavy (non-hydrogen) atoms. The predicted molar refractivity (Wildman–Crippen MR) is 102 cm³/mol. The lowest BCUT2D eigenvalue weighted by Crippen LogP contribution is -2.61. The molecule has 0 aromatic carbocycles. The highest BCUT2D eigenvalue weighted by atomic mass is 35.5. The van der Waals surface area contributed by atoms with Crippen molar-refractivity contribution in [2.75, 3.05) is 18.5 Å². The Morgan fingerprint density at radius 2 is 1.96 bits per heavy atom. The Hall–Kier alpha value is -2.08. The number of hydrogen-bond donors (Lipinski definition) is 8. The number of aliphatic hydroxyl groups excluding tert-OH is 1. The molecule has 1 atom stereocenters. The summed E-state index contributed by atoms with van der Waals surface area (Å²) in [6.07, 6.45) is 2.71. The van der Waals surface area contributed by atoms with Gasteiger partial charge in [-0.2, -0.15) is 0 Å². The van der Waals surface area contributed by atoms with Gasteiger partial charge >= 0.3 is 0 Å². The largest absolute Gasteiger partial charge is 0.407 e. The van der Waals surface area contributed by atoms with Crippen molar-refractivity contribution >= 4 is 39.0 Å². The Morgan fingerprint density at radius 1 is 1.29 bits per heavy atom. The van der Waals surface area contributed by atoms with Crippen LogP contribution in [0.3, 0.4) is 0 Å². The maximum Gasteiger partial charge on any atom is 0.298 e. The van der Waals surface area contributed by atoms with E-state index in [0.29, 0.717) is 11.1 Å². The van der Waals surface area contributed by atoms with Gasteiger partial charge in [0.15, 0.2) is 0 Å². The van der Waals surface area contributed by atoms with E-state index in [0.717, 1.165) is 0 Å². The van der Waals surface area contributed by atoms with Crippen LogP contribution in [-0.4, -0.2) is 87.7 Å². The third-order valence-corrected chi connectivity index (χ3v) is 3.93. The van der Waals surface area contributed by atoms with E-state index in [2.05, 4.69) is 20.6 Å². The third-order valence-electron chi connectivity index (χ3n) is 3.63. The smallest absolute Gasteiger partial charge is 0.298 e. The summed E-state index contributed by atoms with van der Waals surface area (Å²) in [5.41, 5.74) is 1.08. The van der Waals surface area contributed by atoms with Gasteiger partial charge in [-0.1, -0.05) is 11.6 Å². The van der Waals surface area contributed by atoms with Crippen molar-refractivity contribution < 1.29 is 30.3 Å². The first-order chi connectivity index (χ1) is 12.9. The lowest BCUT2D eigenvalue weighted by atomic mass is 9.60. The lowest BCUT2D eigenvalue weighted by Gasteiger charge is -2.36. The summed E-state index contributed by atoms with van der Waals surface area (Å²) >= 11 is 6.13. The van der Waals surface area contributed by atoms with Crippen molar-refractivity contribution in [3.05, 3.63) is 35.2 Å². The van der Waals surface area contributed by atoms with Gasteiger partial charge in [-0.25, -0.2) is 4.98 Å². The first kappa shape index (κ1) is 22.2. The van der Waals surface area contributed by atoms with Crippen LogP contribution in [0, 0.1) is 0 Å². The normalized spacial score (nSPS) is 13.2. The second-order valence-corrected chi connectivity index (χ2v) is 6.39. The Kier molecular flexibility index (Phi) is 6.75. The van der Waals surface area contributed by atoms with E-state index < -0.39 is 23.3 Å². The summed E-state index contributed by atoms with van der Waals surface area (Å²) in [6.45, 7) is -0.118. The molecule has 10 nitrogen and oxygen atoms in total. The number of rotatable bonds is 8. The number of aromatic amines is 1. The van der Waals surface area contributed by atoms with Crippen LogP contribution in [0.25, 0.3) is 11.1 Å². The molecule has 0 aliphatic heterocycles. The van der Waals surface area contributed by atoms with E-state index in [-0.39, 0.29) is 29.7 Å². The molecular weight excluding hydrogens is 389 g/mol. The summed E-state index contributed by atoms with van der Waals surface area (Å²) in [5, 5.41) is 48.7. The molecule has 2 rings (SSSR count). The van der Waals surface area contributed by atoms with Crippen molar-refractivity contribution in [1.29, 1.82) is 0 Å². The zero-order chi connectivity index (χ0) is 21.1. The zero-order valence-corrected chi connectivity index (χ0v) is 15.2. The average molecular weight is 406 g/mol. The zero-order valence-electron chi connectivity index (χ0n) is 14.4. The number of H-pyrrole nitrogens is 1. The molecule has 0 saturated carbocycles. The number of halogens is 1. The van der Waals surface area contributed by atoms with Gasteiger partial charge < -0.3 is 41.2 Å². The van der Waals surface area contributed by atoms with Crippen molar-refractivity contribution in [3.63, 3.8) is 0 Å². The lowest BCUT2D eigenvalue weighted by molar-refractivity contribution is -0.326. The molecule has 1 amide bonds. The second-order valence-electron chi connectivity index (χ2n) is 5.98. The second kappa shape index (κ2) is 8.52. The number of carbonyl (C=O) groups excluding carboxylic acids is 1. The maximum atomic E-state index is 11.9. The minimum absolute atomic E-state index is 0.0623. The fraction of sp³-hybridized carbons (Fsp3) is 0.333. The standard InChI is InChI=1S/C15H17B2ClN4O6/c16-14(17,25)13(15(26,27)28)22-11-4-8(9(18)6-21-11)7-3-10(20-5-7)12(24)19-1-2-23/h3-6,13,20,23,25-28H,1-2H2,(H,19,24)(H,21,22). The van der Waals surface area contributed by atoms with Gasteiger partial charge in [-0.05, 0) is 12.1 Å². The topological polar surface area (TPSA) is 171 Å². The molecule has 2 aromatic heterocycles. The average Bonchev–Trinajstić information content (AvgIpc) is 3.06. The fourth-order valence-corrected chi connectivity index (χ4v) is 2.57. The Balaban J connectivity index is 2.31. The molecule has 0 aliphatic carbocycles. The molecule has 0 fully saturated rings. The van der Waals surface area contributed by atoms with Gasteiger partial charge in [0.25, 0.3) is 11.9 Å². The molecular formula is C15H17B2ClN4O6. The molecule has 8 N–H and O–H groups in total. The van der Waals surface area contributed by atoms with Crippen LogP contribution in [0.5, 0.6) is 0 Å². The number of aliphatic hydroxyl groups is 5. The minimum atomic E-state index is -3.47. The molecule has 2 heterocycles. The van der Waals surface area contributed by atoms with E-state index in [9.17, 15) is 25.2 Å². The fourth-order valence-electron chi connectivity index (χ4n) is 2.35. The number of amides is 1. The Labute approximate surface area is 167 Å². The number of aromatic nitrogens is 2. The molecule has 146 valence electrons. The monoisotopic (exact) mass is 406 g/mol. The third kappa shape index (κ3) is 5.47. The molecule has 0 aliphatic rings. The number of anilines is 1. The Bertz CT molecular complexity index is 823. The van der Waals surface area contributed by atoms with Crippen LogP contribution in [0.2, 0.25) is 5.02 Å². The maximum absolute atomic E-state index is 11.9. The van der Waals surface area contributed by atoms with E-state index in [1.165, 1.54) is 24.5 Å². The molecule has 13 heteroatoms. The summed E-state index contributed by atoms with van der Waals surface area (Å²) in [5.74, 6) is -3.97. The highest BCUT2D eigenvalue weighted by molar-refractivity contribution is 6.39. The van der Waals surface area contributed by atoms with E-state index in [1.54, 1.807) is 0 Å². The molecule has 0 spiro atoms. The van der Waals surface area contributed by atoms with Gasteiger partial charge in [-0.3, -0.25) is 4.79 Å². The van der Waals surface area contributed by atoms with Crippen LogP contribution in [0.15, 0.2) is 24.5 Å². The van der Waals surface area contributed by atoms with E-state index in [1.807, 2.05) is 0 Å². The number of nitrogens with zero attached hydrogens (tertiary/aromatic N) is 1. The summed E-state index contributed by atoms with van der Waals surface area (Å²) in [4.78, 5) is 18.6. The van der Waals surface area contributed by atoms with Crippen molar-refractivity contribution in [2.45, 2.75) is 17.4 Å². The molecule has 2 aromatic rings. The number of hydrogen-bond acceptors (Lipinski definition) is 8. The van der Waals surface area contributed by atoms with Crippen LogP contribution in [-0.2, 0) is 0 Å². The quantitative estimate of drug-likeness (QED) is 0.181. The van der Waals surface area contributed by atoms with E-state index in [4.69, 9.17) is 32.4 Å². The van der Waals surface area contributed by atoms with Crippen LogP contribution < -0.4 is 10.6 Å². The number of pyridine rings is 1. The van der Waals surface area contributed by atoms with E-state index >= 15 is 0 Å². The molecule has 1 unspecified atom stereocenters. The van der Waals surface area contributed by atoms with Gasteiger partial charge in [-0.15, -0.1) is 0 Å². The van der Waals surface area contributed by atoms with Crippen molar-refractivity contribution in [3.8, 4) is 11.1 Å². The molecule has 0 saturated heterocycles. The first-order valence-corrected chi connectivity index (χ1v) is 8.28. The molecule has 0 bridgehead atoms. The number of carbonyl (C=O) groups is 1. The van der Waals surface area contributed by atoms with Gasteiger partial charge in [0, 0.05) is 35.5 Å². The highest BCUT2D eigenvalue weighted by Gasteiger charge is 2.42. The van der Waals surface area contributed by atoms with Gasteiger partial charge in [0.1, 0.15) is 33.2 Å². The van der Waals surface area contributed by atoms with Crippen LogP contribution >= 0.6 is 11.6 Å². The summed E-state index contributed by atoms with van der Waals surface area (Å²) < 4.78 is 0. The van der Waals surface area contributed by atoms with Crippen LogP contribution in [0.1, 0.15) is 10.5 Å². The van der Waals surface area contributed by atoms with Gasteiger partial charge in [0.2, 0.25) is 0 Å². The first-order valence-electron chi connectivity index (χ1n) is 7.90. The number of nitrogens with one attached hydrogen (secondary N) is 3. The van der Waals surface area contributed by atoms with Gasteiger partial charge in [0.05, 0.1) is 11.6 Å². The summed E-state index contributed by atoms with van der Waals surface area (Å²) in [7, 11) is 10.5. The highest BCUT2D eigenvalue weighted by Crippen LogP contribution is 2.30. The Morgan fingerprint density at radius 3 is 2.54 bits per heavy atom. The molecule has 4 radical (unpaired) electrons. The van der Waals surface area contributed by atoms with Crippen molar-refractivity contribution in [2.24, 2.45) is 0 Å². The SMILES string of the molecule is [B]C([B])(O)C(Nc1cc(-c2c[nH]c(C(=O)NCCO)c2)c(Cl)cn1)C(O)(O)O. The minimum Gasteiger partial charge on any atom is -0.407 e. The predicted octanol–water partition coefficient (Wildman–Crippen LogP) is -2.15. The van der Waals surface area contributed by atoms with Crippen LogP contribution in [0.4, 0.5) is 5.82 Å².